The summed E-state index contributed by atoms with van der Waals surface area (Å²) in [5.41, 5.74) is 13.5. The van der Waals surface area contributed by atoms with Gasteiger partial charge < -0.3 is 13.6 Å². The fraction of sp³-hybridized carbons (Fsp3) is 0. The van der Waals surface area contributed by atoms with Gasteiger partial charge in [0.15, 0.2) is 5.58 Å². The summed E-state index contributed by atoms with van der Waals surface area (Å²) in [5, 5.41) is 7.09. The molecule has 0 N–H and O–H groups in total. The molecule has 0 bridgehead atoms. The van der Waals surface area contributed by atoms with Crippen LogP contribution in [0.2, 0.25) is 0 Å². The Morgan fingerprint density at radius 2 is 0.765 bits per heavy atom. The third kappa shape index (κ3) is 4.06. The van der Waals surface area contributed by atoms with Crippen LogP contribution in [-0.2, 0) is 0 Å². The normalized spacial score (nSPS) is 11.9. The highest BCUT2D eigenvalue weighted by molar-refractivity contribution is 6.39. The predicted molar refractivity (Wildman–Crippen MR) is 213 cm³/mol. The number of hydrogen-bond donors (Lipinski definition) is 0. The van der Waals surface area contributed by atoms with Crippen LogP contribution in [0.15, 0.2) is 186 Å². The van der Waals surface area contributed by atoms with Crippen LogP contribution in [0.1, 0.15) is 0 Å². The van der Waals surface area contributed by atoms with Crippen molar-refractivity contribution in [3.8, 4) is 33.6 Å². The first-order valence-electron chi connectivity index (χ1n) is 17.4. The van der Waals surface area contributed by atoms with Gasteiger partial charge in [0.2, 0.25) is 0 Å². The third-order valence-corrected chi connectivity index (χ3v) is 10.5. The molecule has 0 aliphatic carbocycles. The molecule has 0 aliphatic rings. The lowest BCUT2D eigenvalue weighted by molar-refractivity contribution is 0.671. The first kappa shape index (κ1) is 28.0. The summed E-state index contributed by atoms with van der Waals surface area (Å²) in [6.07, 6.45) is 0. The van der Waals surface area contributed by atoms with E-state index >= 15 is 0 Å². The highest BCUT2D eigenvalue weighted by Gasteiger charge is 2.27. The van der Waals surface area contributed by atoms with Gasteiger partial charge in [0.25, 0.3) is 0 Å². The van der Waals surface area contributed by atoms with Crippen LogP contribution < -0.4 is 0 Å². The fourth-order valence-electron chi connectivity index (χ4n) is 8.29. The average molecular weight is 651 g/mol. The molecular weight excluding hydrogens is 621 g/mol. The Hall–Kier alpha value is -6.84. The van der Waals surface area contributed by atoms with Gasteiger partial charge in [-0.25, -0.2) is 0 Å². The van der Waals surface area contributed by atoms with E-state index < -0.39 is 0 Å². The summed E-state index contributed by atoms with van der Waals surface area (Å²) >= 11 is 0. The minimum atomic E-state index is 0.894. The molecule has 0 saturated heterocycles. The van der Waals surface area contributed by atoms with Crippen molar-refractivity contribution in [1.82, 2.24) is 9.13 Å². The van der Waals surface area contributed by atoms with E-state index in [0.29, 0.717) is 0 Å². The second-order valence-electron chi connectivity index (χ2n) is 13.3. The van der Waals surface area contributed by atoms with E-state index in [1.165, 1.54) is 54.8 Å². The molecule has 8 aromatic carbocycles. The van der Waals surface area contributed by atoms with Gasteiger partial charge in [0.05, 0.1) is 22.1 Å². The number of hydrogen-bond acceptors (Lipinski definition) is 1. The fourth-order valence-corrected chi connectivity index (χ4v) is 8.29. The van der Waals surface area contributed by atoms with Crippen LogP contribution in [-0.4, -0.2) is 9.13 Å². The maximum atomic E-state index is 6.90. The van der Waals surface area contributed by atoms with Crippen molar-refractivity contribution in [1.29, 1.82) is 0 Å². The minimum Gasteiger partial charge on any atom is -0.454 e. The van der Waals surface area contributed by atoms with E-state index in [0.717, 1.165) is 44.3 Å². The quantitative estimate of drug-likeness (QED) is 0.186. The van der Waals surface area contributed by atoms with Crippen LogP contribution in [0.3, 0.4) is 0 Å². The molecule has 0 spiro atoms. The summed E-state index contributed by atoms with van der Waals surface area (Å²) in [7, 11) is 0. The second-order valence-corrected chi connectivity index (χ2v) is 13.3. The summed E-state index contributed by atoms with van der Waals surface area (Å²) in [4.78, 5) is 0. The molecule has 0 saturated carbocycles. The van der Waals surface area contributed by atoms with Gasteiger partial charge in [-0.1, -0.05) is 140 Å². The lowest BCUT2D eigenvalue weighted by Gasteiger charge is -2.12. The first-order valence-corrected chi connectivity index (χ1v) is 17.4. The van der Waals surface area contributed by atoms with Gasteiger partial charge in [-0.3, -0.25) is 0 Å². The average Bonchev–Trinajstić information content (AvgIpc) is 3.87. The number of rotatable bonds is 4. The topological polar surface area (TPSA) is 23.0 Å². The van der Waals surface area contributed by atoms with Crippen molar-refractivity contribution in [3.63, 3.8) is 0 Å². The van der Waals surface area contributed by atoms with Gasteiger partial charge in [-0.2, -0.15) is 0 Å². The minimum absolute atomic E-state index is 0.894. The van der Waals surface area contributed by atoms with Crippen LogP contribution in [0, 0.1) is 0 Å². The Morgan fingerprint density at radius 3 is 1.41 bits per heavy atom. The Balaban J connectivity index is 1.24. The maximum Gasteiger partial charge on any atom is 0.160 e. The van der Waals surface area contributed by atoms with Gasteiger partial charge in [-0.05, 0) is 64.7 Å². The Kier molecular flexibility index (Phi) is 5.96. The number of fused-ring (bicyclic) bond motifs is 12. The smallest absolute Gasteiger partial charge is 0.160 e. The molecule has 0 fully saturated rings. The molecule has 11 rings (SSSR count). The summed E-state index contributed by atoms with van der Waals surface area (Å²) in [5.74, 6) is 0. The van der Waals surface area contributed by atoms with Crippen molar-refractivity contribution in [2.24, 2.45) is 0 Å². The van der Waals surface area contributed by atoms with Crippen molar-refractivity contribution in [2.75, 3.05) is 0 Å². The zero-order valence-corrected chi connectivity index (χ0v) is 27.6. The summed E-state index contributed by atoms with van der Waals surface area (Å²) in [6.45, 7) is 0. The van der Waals surface area contributed by atoms with Crippen molar-refractivity contribution in [2.45, 2.75) is 0 Å². The van der Waals surface area contributed by atoms with Crippen LogP contribution in [0.4, 0.5) is 0 Å². The highest BCUT2D eigenvalue weighted by Crippen LogP contribution is 2.49. The molecule has 3 aromatic heterocycles. The van der Waals surface area contributed by atoms with Gasteiger partial charge in [-0.15, -0.1) is 0 Å². The standard InChI is InChI=1S/C48H30N2O/c1-3-13-31(14-4-1)32-23-25-33(26-24-32)34-27-29-36(30-28-34)49-40-20-10-7-17-37(40)43-44-39-19-9-12-22-42(39)51-48(44)47-45(46(43)49)38-18-8-11-21-41(38)50(47)35-15-5-2-6-16-35/h1-30H. The molecule has 0 radical (unpaired) electrons. The molecule has 0 unspecified atom stereocenters. The largest absolute Gasteiger partial charge is 0.454 e. The number of nitrogens with zero attached hydrogens (tertiary/aromatic N) is 2. The summed E-state index contributed by atoms with van der Waals surface area (Å²) < 4.78 is 11.8. The zero-order valence-electron chi connectivity index (χ0n) is 27.6. The lowest BCUT2D eigenvalue weighted by atomic mass is 10.00. The number of para-hydroxylation sites is 4. The van der Waals surface area contributed by atoms with Crippen molar-refractivity contribution < 1.29 is 4.42 Å². The van der Waals surface area contributed by atoms with Crippen LogP contribution in [0.25, 0.3) is 99.2 Å². The highest BCUT2D eigenvalue weighted by atomic mass is 16.3. The van der Waals surface area contributed by atoms with E-state index in [4.69, 9.17) is 4.42 Å². The number of aromatic nitrogens is 2. The van der Waals surface area contributed by atoms with Crippen molar-refractivity contribution in [3.05, 3.63) is 182 Å². The van der Waals surface area contributed by atoms with Crippen molar-refractivity contribution >= 4 is 65.6 Å². The van der Waals surface area contributed by atoms with Gasteiger partial charge in [0, 0.05) is 43.7 Å². The summed E-state index contributed by atoms with van der Waals surface area (Å²) in [6, 6.07) is 65.2. The molecule has 3 heteroatoms. The molecule has 11 aromatic rings. The lowest BCUT2D eigenvalue weighted by Crippen LogP contribution is -1.96. The zero-order chi connectivity index (χ0) is 33.5. The van der Waals surface area contributed by atoms with E-state index in [1.54, 1.807) is 0 Å². The molecule has 238 valence electrons. The molecular formula is C48H30N2O. The molecule has 3 nitrogen and oxygen atoms in total. The van der Waals surface area contributed by atoms with Crippen LogP contribution >= 0.6 is 0 Å². The molecule has 0 atom stereocenters. The van der Waals surface area contributed by atoms with Crippen LogP contribution in [0.5, 0.6) is 0 Å². The molecule has 51 heavy (non-hydrogen) atoms. The Morgan fingerprint density at radius 1 is 0.314 bits per heavy atom. The number of benzene rings is 8. The maximum absolute atomic E-state index is 6.90. The van der Waals surface area contributed by atoms with E-state index in [9.17, 15) is 0 Å². The van der Waals surface area contributed by atoms with E-state index in [-0.39, 0.29) is 0 Å². The van der Waals surface area contributed by atoms with Gasteiger partial charge in [0.1, 0.15) is 5.58 Å². The van der Waals surface area contributed by atoms with E-state index in [1.807, 2.05) is 0 Å². The first-order chi connectivity index (χ1) is 25.3. The monoisotopic (exact) mass is 650 g/mol. The second kappa shape index (κ2) is 10.8. The third-order valence-electron chi connectivity index (χ3n) is 10.5. The number of furan rings is 1. The van der Waals surface area contributed by atoms with Gasteiger partial charge >= 0.3 is 0 Å². The molecule has 0 amide bonds. The predicted octanol–water partition coefficient (Wildman–Crippen LogP) is 13.1. The molecule has 0 aliphatic heterocycles. The van der Waals surface area contributed by atoms with E-state index in [2.05, 4.69) is 191 Å². The molecule has 3 heterocycles. The SMILES string of the molecule is c1ccc(-c2ccc(-c3ccc(-n4c5ccccc5c5c6c7ccccc7oc6c6c(c7ccccc7n6-c6ccccc6)c54)cc3)cc2)cc1. The Bertz CT molecular complexity index is 3090. The Labute approximate surface area is 293 Å².